The predicted octanol–water partition coefficient (Wildman–Crippen LogP) is 13.1. The number of fused-ring (bicyclic) bond motifs is 6. The van der Waals surface area contributed by atoms with Crippen LogP contribution < -0.4 is 0 Å². The van der Waals surface area contributed by atoms with Crippen LogP contribution in [0.3, 0.4) is 0 Å². The van der Waals surface area contributed by atoms with E-state index >= 15 is 0 Å². The lowest BCUT2D eigenvalue weighted by Gasteiger charge is -2.19. The molecule has 0 radical (unpaired) electrons. The van der Waals surface area contributed by atoms with E-state index in [4.69, 9.17) is 10.2 Å². The van der Waals surface area contributed by atoms with Crippen molar-refractivity contribution in [1.82, 2.24) is 20.0 Å². The Bertz CT molecular complexity index is 3170. The highest BCUT2D eigenvalue weighted by atomic mass is 15.5. The van der Waals surface area contributed by atoms with Crippen LogP contribution in [-0.4, -0.2) is 20.0 Å². The monoisotopic (exact) mass is 700 g/mol. The molecule has 0 spiro atoms. The molecular weight excluding hydrogens is 669 g/mol. The number of rotatable bonds is 5. The number of benzene rings is 9. The molecule has 11 rings (SSSR count). The second-order valence-corrected chi connectivity index (χ2v) is 14.1. The lowest BCUT2D eigenvalue weighted by atomic mass is 9.84. The van der Waals surface area contributed by atoms with Crippen LogP contribution in [-0.2, 0) is 0 Å². The zero-order chi connectivity index (χ0) is 36.3. The van der Waals surface area contributed by atoms with Crippen molar-refractivity contribution in [1.29, 1.82) is 0 Å². The van der Waals surface area contributed by atoms with Crippen molar-refractivity contribution in [2.24, 2.45) is 0 Å². The first kappa shape index (κ1) is 31.1. The maximum absolute atomic E-state index is 5.00. The van der Waals surface area contributed by atoms with E-state index in [1.54, 1.807) is 4.80 Å². The maximum Gasteiger partial charge on any atom is 0.121 e. The fourth-order valence-electron chi connectivity index (χ4n) is 8.42. The lowest BCUT2D eigenvalue weighted by Crippen LogP contribution is -1.98. The number of aromatic nitrogens is 4. The van der Waals surface area contributed by atoms with Gasteiger partial charge in [0.05, 0.1) is 5.69 Å². The Kier molecular flexibility index (Phi) is 7.14. The van der Waals surface area contributed by atoms with Crippen molar-refractivity contribution in [3.05, 3.63) is 194 Å². The van der Waals surface area contributed by atoms with Crippen molar-refractivity contribution in [2.75, 3.05) is 0 Å². The Morgan fingerprint density at radius 2 is 0.873 bits per heavy atom. The molecule has 0 fully saturated rings. The number of pyridine rings is 1. The van der Waals surface area contributed by atoms with Crippen LogP contribution in [0.4, 0.5) is 0 Å². The van der Waals surface area contributed by atoms with Gasteiger partial charge in [-0.25, -0.2) is 0 Å². The van der Waals surface area contributed by atoms with Gasteiger partial charge in [-0.3, -0.25) is 4.98 Å². The molecule has 9 aromatic carbocycles. The van der Waals surface area contributed by atoms with Gasteiger partial charge in [-0.15, -0.1) is 10.2 Å². The summed E-state index contributed by atoms with van der Waals surface area (Å²) in [5.74, 6) is 0. The second kappa shape index (κ2) is 12.6. The average molecular weight is 701 g/mol. The molecule has 55 heavy (non-hydrogen) atoms. The Morgan fingerprint density at radius 1 is 0.345 bits per heavy atom. The molecule has 0 saturated carbocycles. The highest BCUT2D eigenvalue weighted by molar-refractivity contribution is 6.23. The van der Waals surface area contributed by atoms with Gasteiger partial charge in [-0.2, -0.15) is 4.80 Å². The molecule has 4 nitrogen and oxygen atoms in total. The minimum atomic E-state index is 0.858. The summed E-state index contributed by atoms with van der Waals surface area (Å²) >= 11 is 0. The first-order chi connectivity index (χ1) is 27.3. The predicted molar refractivity (Wildman–Crippen MR) is 228 cm³/mol. The molecule has 0 unspecified atom stereocenters. The van der Waals surface area contributed by atoms with Crippen LogP contribution in [0.25, 0.3) is 104 Å². The van der Waals surface area contributed by atoms with E-state index in [9.17, 15) is 0 Å². The summed E-state index contributed by atoms with van der Waals surface area (Å²) in [4.78, 5) is 5.90. The second-order valence-electron chi connectivity index (χ2n) is 14.1. The fourth-order valence-corrected chi connectivity index (χ4v) is 8.42. The Hall–Kier alpha value is -7.43. The molecule has 0 aliphatic rings. The summed E-state index contributed by atoms with van der Waals surface area (Å²) in [6.45, 7) is 0. The highest BCUT2D eigenvalue weighted by Gasteiger charge is 2.19. The minimum Gasteiger partial charge on any atom is -0.265 e. The van der Waals surface area contributed by atoms with Crippen LogP contribution in [0.2, 0.25) is 0 Å². The van der Waals surface area contributed by atoms with Gasteiger partial charge in [-0.1, -0.05) is 152 Å². The van der Waals surface area contributed by atoms with Gasteiger partial charge < -0.3 is 0 Å². The van der Waals surface area contributed by atoms with Crippen molar-refractivity contribution in [2.45, 2.75) is 0 Å². The minimum absolute atomic E-state index is 0.858. The van der Waals surface area contributed by atoms with Gasteiger partial charge in [0.1, 0.15) is 11.0 Å². The zero-order valence-corrected chi connectivity index (χ0v) is 29.8. The van der Waals surface area contributed by atoms with E-state index in [1.807, 2.05) is 24.5 Å². The quantitative estimate of drug-likeness (QED) is 0.168. The fraction of sp³-hybridized carbons (Fsp3) is 0. The van der Waals surface area contributed by atoms with Crippen LogP contribution in [0.1, 0.15) is 0 Å². The Labute approximate surface area is 317 Å². The van der Waals surface area contributed by atoms with E-state index < -0.39 is 0 Å². The summed E-state index contributed by atoms with van der Waals surface area (Å²) in [6, 6.07) is 65.2. The van der Waals surface area contributed by atoms with Crippen molar-refractivity contribution >= 4 is 54.1 Å². The van der Waals surface area contributed by atoms with E-state index in [2.05, 4.69) is 175 Å². The number of hydrogen-bond donors (Lipinski definition) is 0. The van der Waals surface area contributed by atoms with Gasteiger partial charge >= 0.3 is 0 Å². The third-order valence-corrected chi connectivity index (χ3v) is 11.0. The SMILES string of the molecule is c1ccc2c(-c3c4ccccc4c(-c4ccc(-c5cc6nn(-c7ccc(-c8ccncc8)cc7)nc6c6ccccc56)cc4)c4ccccc34)cccc2c1. The topological polar surface area (TPSA) is 43.6 Å². The summed E-state index contributed by atoms with van der Waals surface area (Å²) < 4.78 is 0. The average Bonchev–Trinajstić information content (AvgIpc) is 3.70. The van der Waals surface area contributed by atoms with Gasteiger partial charge in [0.2, 0.25) is 0 Å². The molecule has 0 bridgehead atoms. The van der Waals surface area contributed by atoms with Crippen molar-refractivity contribution in [3.8, 4) is 50.2 Å². The van der Waals surface area contributed by atoms with Crippen LogP contribution in [0, 0.1) is 0 Å². The normalized spacial score (nSPS) is 11.6. The zero-order valence-electron chi connectivity index (χ0n) is 29.8. The number of nitrogens with zero attached hydrogens (tertiary/aromatic N) is 4. The first-order valence-corrected chi connectivity index (χ1v) is 18.6. The Morgan fingerprint density at radius 3 is 1.56 bits per heavy atom. The third kappa shape index (κ3) is 5.11. The lowest BCUT2D eigenvalue weighted by molar-refractivity contribution is 0.766. The molecule has 0 atom stereocenters. The summed E-state index contributed by atoms with van der Waals surface area (Å²) in [5, 5.41) is 19.7. The molecule has 0 amide bonds. The van der Waals surface area contributed by atoms with Crippen LogP contribution in [0.15, 0.2) is 194 Å². The molecule has 2 aromatic heterocycles. The highest BCUT2D eigenvalue weighted by Crippen LogP contribution is 2.45. The molecule has 0 aliphatic carbocycles. The largest absolute Gasteiger partial charge is 0.265 e. The first-order valence-electron chi connectivity index (χ1n) is 18.6. The van der Waals surface area contributed by atoms with Gasteiger partial charge in [0.25, 0.3) is 0 Å². The molecule has 0 N–H and O–H groups in total. The van der Waals surface area contributed by atoms with E-state index in [0.29, 0.717) is 0 Å². The van der Waals surface area contributed by atoms with Crippen LogP contribution in [0.5, 0.6) is 0 Å². The standard InChI is InChI=1S/C51H32N4/c1-2-12-39-35(10-1)11-9-19-41(39)50-44-16-6-4-14-42(44)49(43-15-5-7-17-45(43)50)37-22-20-36(21-23-37)47-32-48-51(46-18-8-3-13-40(46)47)54-55(53-48)38-26-24-33(25-27-38)34-28-30-52-31-29-34/h1-32H. The van der Waals surface area contributed by atoms with Crippen molar-refractivity contribution in [3.63, 3.8) is 0 Å². The third-order valence-electron chi connectivity index (χ3n) is 11.0. The van der Waals surface area contributed by atoms with E-state index in [0.717, 1.165) is 49.7 Å². The molecule has 11 aromatic rings. The number of hydrogen-bond acceptors (Lipinski definition) is 3. The summed E-state index contributed by atoms with van der Waals surface area (Å²) in [6.07, 6.45) is 3.63. The Balaban J connectivity index is 1.04. The smallest absolute Gasteiger partial charge is 0.121 e. The van der Waals surface area contributed by atoms with Crippen LogP contribution >= 0.6 is 0 Å². The molecule has 2 heterocycles. The van der Waals surface area contributed by atoms with E-state index in [-0.39, 0.29) is 0 Å². The molecule has 4 heteroatoms. The van der Waals surface area contributed by atoms with Gasteiger partial charge in [-0.05, 0) is 113 Å². The van der Waals surface area contributed by atoms with Crippen molar-refractivity contribution < 1.29 is 0 Å². The summed E-state index contributed by atoms with van der Waals surface area (Å²) in [5.41, 5.74) is 12.2. The molecule has 256 valence electrons. The molecule has 0 saturated heterocycles. The maximum atomic E-state index is 5.00. The molecular formula is C51H32N4. The van der Waals surface area contributed by atoms with Gasteiger partial charge in [0.15, 0.2) is 0 Å². The molecule has 0 aliphatic heterocycles. The summed E-state index contributed by atoms with van der Waals surface area (Å²) in [7, 11) is 0. The van der Waals surface area contributed by atoms with Gasteiger partial charge in [0, 0.05) is 17.8 Å². The van der Waals surface area contributed by atoms with E-state index in [1.165, 1.54) is 54.6 Å².